The van der Waals surface area contributed by atoms with E-state index in [1.54, 1.807) is 12.1 Å². The fourth-order valence-electron chi connectivity index (χ4n) is 3.08. The van der Waals surface area contributed by atoms with Crippen LogP contribution in [0.3, 0.4) is 0 Å². The third kappa shape index (κ3) is 4.36. The van der Waals surface area contributed by atoms with Gasteiger partial charge in [0.25, 0.3) is 0 Å². The maximum Gasteiger partial charge on any atom is 0.245 e. The Kier molecular flexibility index (Phi) is 6.02. The van der Waals surface area contributed by atoms with E-state index in [0.717, 1.165) is 26.1 Å². The average molecular weight is 400 g/mol. The number of sulfonamides is 1. The molecule has 25 heavy (non-hydrogen) atoms. The summed E-state index contributed by atoms with van der Waals surface area (Å²) < 4.78 is 27.2. The van der Waals surface area contributed by atoms with Crippen molar-refractivity contribution in [1.29, 1.82) is 0 Å². The number of benzene rings is 2. The van der Waals surface area contributed by atoms with E-state index in [0.29, 0.717) is 13.1 Å². The predicted molar refractivity (Wildman–Crippen MR) is 101 cm³/mol. The lowest BCUT2D eigenvalue weighted by atomic mass is 10.1. The highest BCUT2D eigenvalue weighted by Gasteiger charge is 2.32. The first-order chi connectivity index (χ1) is 12.0. The molecule has 0 unspecified atom stereocenters. The molecular weight excluding hydrogens is 379 g/mol. The molecule has 0 saturated carbocycles. The van der Waals surface area contributed by atoms with Crippen LogP contribution in [0.5, 0.6) is 0 Å². The molecule has 2 aromatic carbocycles. The number of nitrogens with one attached hydrogen (secondary N) is 1. The molecule has 0 spiro atoms. The van der Waals surface area contributed by atoms with E-state index in [9.17, 15) is 8.42 Å². The van der Waals surface area contributed by atoms with Crippen molar-refractivity contribution in [3.8, 4) is 0 Å². The molecule has 1 heterocycles. The van der Waals surface area contributed by atoms with Gasteiger partial charge in [-0.3, -0.25) is 0 Å². The first-order valence-corrected chi connectivity index (χ1v) is 10.5. The summed E-state index contributed by atoms with van der Waals surface area (Å²) in [5, 5.41) is 0.359. The summed E-state index contributed by atoms with van der Waals surface area (Å²) in [6.45, 7) is 3.59. The van der Waals surface area contributed by atoms with Crippen LogP contribution in [0.2, 0.25) is 10.0 Å². The molecule has 1 saturated heterocycles. The Hall–Kier alpha value is -1.11. The summed E-state index contributed by atoms with van der Waals surface area (Å²) in [6, 6.07) is 15.1. The van der Waals surface area contributed by atoms with Gasteiger partial charge in [-0.25, -0.2) is 8.42 Å². The lowest BCUT2D eigenvalue weighted by Gasteiger charge is -2.31. The number of piperazine rings is 1. The number of halogens is 2. The molecule has 0 aliphatic carbocycles. The molecule has 2 aromatic rings. The molecule has 1 aliphatic heterocycles. The van der Waals surface area contributed by atoms with Crippen molar-refractivity contribution in [2.24, 2.45) is 0 Å². The Morgan fingerprint density at radius 1 is 0.960 bits per heavy atom. The molecule has 7 heteroatoms. The summed E-state index contributed by atoms with van der Waals surface area (Å²) >= 11 is 12.1. The quantitative estimate of drug-likeness (QED) is 0.836. The Bertz CT molecular complexity index is 820. The molecular formula is C18H21Cl2N2O2S+. The van der Waals surface area contributed by atoms with Crippen LogP contribution in [-0.2, 0) is 16.4 Å². The average Bonchev–Trinajstić information content (AvgIpc) is 2.63. The minimum atomic E-state index is -3.60. The van der Waals surface area contributed by atoms with Gasteiger partial charge in [-0.1, -0.05) is 59.6 Å². The molecule has 0 bridgehead atoms. The molecule has 0 amide bonds. The fraction of sp³-hybridized carbons (Fsp3) is 0.333. The van der Waals surface area contributed by atoms with E-state index in [-0.39, 0.29) is 14.9 Å². The van der Waals surface area contributed by atoms with Crippen LogP contribution in [0.25, 0.3) is 0 Å². The van der Waals surface area contributed by atoms with Gasteiger partial charge in [-0.15, -0.1) is 0 Å². The normalized spacial score (nSPS) is 16.9. The standard InChI is InChI=1S/C18H20Cl2N2O2S/c19-16-7-4-8-17(18(16)20)25(23,24)22-13-11-21(12-14-22)10-9-15-5-2-1-3-6-15/h1-8H,9-14H2/p+1. The van der Waals surface area contributed by atoms with Crippen molar-refractivity contribution in [2.75, 3.05) is 32.7 Å². The predicted octanol–water partition coefficient (Wildman–Crippen LogP) is 2.13. The third-order valence-corrected chi connectivity index (χ3v) is 7.45. The zero-order chi connectivity index (χ0) is 17.9. The molecule has 0 aromatic heterocycles. The van der Waals surface area contributed by atoms with Gasteiger partial charge in [0.1, 0.15) is 4.90 Å². The van der Waals surface area contributed by atoms with Crippen LogP contribution in [0.4, 0.5) is 0 Å². The molecule has 1 N–H and O–H groups in total. The van der Waals surface area contributed by atoms with Gasteiger partial charge in [0.05, 0.1) is 42.8 Å². The second-order valence-corrected chi connectivity index (χ2v) is 8.88. The number of hydrogen-bond acceptors (Lipinski definition) is 2. The lowest BCUT2D eigenvalue weighted by Crippen LogP contribution is -3.15. The molecule has 3 rings (SSSR count). The van der Waals surface area contributed by atoms with Crippen molar-refractivity contribution in [1.82, 2.24) is 4.31 Å². The summed E-state index contributed by atoms with van der Waals surface area (Å²) in [4.78, 5) is 1.52. The summed E-state index contributed by atoms with van der Waals surface area (Å²) in [6.07, 6.45) is 1.00. The maximum absolute atomic E-state index is 12.8. The molecule has 0 radical (unpaired) electrons. The van der Waals surface area contributed by atoms with Gasteiger partial charge >= 0.3 is 0 Å². The van der Waals surface area contributed by atoms with Gasteiger partial charge in [0, 0.05) is 6.42 Å². The number of nitrogens with zero attached hydrogens (tertiary/aromatic N) is 1. The van der Waals surface area contributed by atoms with Crippen LogP contribution in [0.1, 0.15) is 5.56 Å². The fourth-order valence-corrected chi connectivity index (χ4v) is 5.26. The Morgan fingerprint density at radius 2 is 1.64 bits per heavy atom. The lowest BCUT2D eigenvalue weighted by molar-refractivity contribution is -0.903. The maximum atomic E-state index is 12.8. The van der Waals surface area contributed by atoms with Crippen molar-refractivity contribution in [3.63, 3.8) is 0 Å². The van der Waals surface area contributed by atoms with Crippen molar-refractivity contribution >= 4 is 33.2 Å². The second kappa shape index (κ2) is 8.06. The third-order valence-electron chi connectivity index (χ3n) is 4.57. The Morgan fingerprint density at radius 3 is 2.32 bits per heavy atom. The zero-order valence-corrected chi connectivity index (χ0v) is 16.1. The van der Waals surface area contributed by atoms with E-state index in [2.05, 4.69) is 12.1 Å². The molecule has 134 valence electrons. The molecule has 1 aliphatic rings. The first kappa shape index (κ1) is 18.7. The first-order valence-electron chi connectivity index (χ1n) is 8.30. The summed E-state index contributed by atoms with van der Waals surface area (Å²) in [5.74, 6) is 0. The SMILES string of the molecule is O=S(=O)(c1cccc(Cl)c1Cl)N1CC[NH+](CCc2ccccc2)CC1. The number of rotatable bonds is 5. The van der Waals surface area contributed by atoms with Crippen LogP contribution in [0.15, 0.2) is 53.4 Å². The van der Waals surface area contributed by atoms with Gasteiger partial charge in [0.15, 0.2) is 0 Å². The van der Waals surface area contributed by atoms with Crippen LogP contribution in [-0.4, -0.2) is 45.4 Å². The summed E-state index contributed by atoms with van der Waals surface area (Å²) in [5.41, 5.74) is 1.32. The number of hydrogen-bond donors (Lipinski definition) is 1. The smallest absolute Gasteiger partial charge is 0.245 e. The highest BCUT2D eigenvalue weighted by atomic mass is 35.5. The van der Waals surface area contributed by atoms with Gasteiger partial charge < -0.3 is 4.90 Å². The van der Waals surface area contributed by atoms with E-state index >= 15 is 0 Å². The molecule has 0 atom stereocenters. The minimum Gasteiger partial charge on any atom is -0.332 e. The zero-order valence-electron chi connectivity index (χ0n) is 13.8. The van der Waals surface area contributed by atoms with E-state index in [4.69, 9.17) is 23.2 Å². The van der Waals surface area contributed by atoms with Crippen molar-refractivity contribution in [2.45, 2.75) is 11.3 Å². The van der Waals surface area contributed by atoms with Crippen LogP contribution in [0, 0.1) is 0 Å². The van der Waals surface area contributed by atoms with Gasteiger partial charge in [0.2, 0.25) is 10.0 Å². The largest absolute Gasteiger partial charge is 0.332 e. The summed E-state index contributed by atoms with van der Waals surface area (Å²) in [7, 11) is -3.60. The van der Waals surface area contributed by atoms with Crippen molar-refractivity contribution in [3.05, 3.63) is 64.1 Å². The Labute approximate surface area is 159 Å². The second-order valence-electron chi connectivity index (χ2n) is 6.19. The Balaban J connectivity index is 1.61. The highest BCUT2D eigenvalue weighted by molar-refractivity contribution is 7.89. The van der Waals surface area contributed by atoms with Crippen LogP contribution < -0.4 is 4.90 Å². The van der Waals surface area contributed by atoms with Gasteiger partial charge in [-0.2, -0.15) is 4.31 Å². The molecule has 4 nitrogen and oxygen atoms in total. The van der Waals surface area contributed by atoms with Gasteiger partial charge in [-0.05, 0) is 17.7 Å². The minimum absolute atomic E-state index is 0.0920. The van der Waals surface area contributed by atoms with E-state index in [1.807, 2.05) is 18.2 Å². The van der Waals surface area contributed by atoms with Crippen molar-refractivity contribution < 1.29 is 13.3 Å². The topological polar surface area (TPSA) is 41.8 Å². The molecule has 1 fully saturated rings. The monoisotopic (exact) mass is 399 g/mol. The van der Waals surface area contributed by atoms with E-state index < -0.39 is 10.0 Å². The highest BCUT2D eigenvalue weighted by Crippen LogP contribution is 2.30. The van der Waals surface area contributed by atoms with Crippen LogP contribution >= 0.6 is 23.2 Å². The number of quaternary nitrogens is 1. The van der Waals surface area contributed by atoms with E-state index in [1.165, 1.54) is 20.8 Å².